The lowest BCUT2D eigenvalue weighted by atomic mass is 10.1. The van der Waals surface area contributed by atoms with E-state index in [-0.39, 0.29) is 19.8 Å². The van der Waals surface area contributed by atoms with Crippen LogP contribution >= 0.6 is 0 Å². The van der Waals surface area contributed by atoms with Crippen LogP contribution in [0.25, 0.3) is 0 Å². The summed E-state index contributed by atoms with van der Waals surface area (Å²) >= 11 is 0. The van der Waals surface area contributed by atoms with E-state index in [2.05, 4.69) is 5.92 Å². The van der Waals surface area contributed by atoms with Gasteiger partial charge in [-0.25, -0.2) is 4.79 Å². The number of terminal acetylenes is 1. The lowest BCUT2D eigenvalue weighted by Gasteiger charge is -2.28. The highest BCUT2D eigenvalue weighted by Crippen LogP contribution is 2.30. The maximum Gasteiger partial charge on any atom is 0.410 e. The summed E-state index contributed by atoms with van der Waals surface area (Å²) in [6.45, 7) is 11.5. The Morgan fingerprint density at radius 1 is 0.636 bits per heavy atom. The van der Waals surface area contributed by atoms with Crippen molar-refractivity contribution in [1.29, 1.82) is 0 Å². The van der Waals surface area contributed by atoms with Gasteiger partial charge in [-0.1, -0.05) is 36.3 Å². The molecule has 0 spiro atoms. The molecule has 4 rings (SSSR count). The number of rotatable bonds is 9. The highest BCUT2D eigenvalue weighted by Gasteiger charge is 2.23. The Balaban J connectivity index is 1.37. The predicted octanol–water partition coefficient (Wildman–Crippen LogP) is 5.95. The van der Waals surface area contributed by atoms with E-state index >= 15 is 0 Å². The maximum atomic E-state index is 13.5. The van der Waals surface area contributed by atoms with Crippen LogP contribution in [0.2, 0.25) is 0 Å². The summed E-state index contributed by atoms with van der Waals surface area (Å²) in [6.07, 6.45) is 4.77. The fourth-order valence-electron chi connectivity index (χ4n) is 5.05. The molecule has 3 aromatic carbocycles. The maximum absolute atomic E-state index is 13.5. The fraction of sp³-hybridized carbons (Fsp3) is 0.500. The number of hydrogen-bond donors (Lipinski definition) is 0. The van der Waals surface area contributed by atoms with Crippen LogP contribution in [-0.2, 0) is 41.5 Å². The van der Waals surface area contributed by atoms with Crippen LogP contribution in [0.1, 0.15) is 31.9 Å². The molecule has 1 amide bonds. The molecule has 0 saturated heterocycles. The molecule has 0 bridgehead atoms. The van der Waals surface area contributed by atoms with Crippen LogP contribution in [0, 0.1) is 12.3 Å². The van der Waals surface area contributed by atoms with E-state index in [0.717, 1.165) is 11.1 Å². The summed E-state index contributed by atoms with van der Waals surface area (Å²) in [5, 5.41) is 0. The molecule has 0 fully saturated rings. The Morgan fingerprint density at radius 2 is 1.11 bits per heavy atom. The number of benzene rings is 3. The summed E-state index contributed by atoms with van der Waals surface area (Å²) in [6, 6.07) is 20.7. The van der Waals surface area contributed by atoms with Crippen LogP contribution in [0.4, 0.5) is 4.79 Å². The van der Waals surface area contributed by atoms with Crippen LogP contribution in [-0.4, -0.2) is 116 Å². The highest BCUT2D eigenvalue weighted by molar-refractivity contribution is 5.68. The monoisotopic (exact) mass is 765 g/mol. The molecule has 0 N–H and O–H groups in total. The topological polar surface area (TPSA) is 122 Å². The number of carbonyl (C=O) groups excluding carboxylic acids is 1. The molecule has 0 aliphatic carbocycles. The van der Waals surface area contributed by atoms with E-state index in [9.17, 15) is 4.79 Å². The third kappa shape index (κ3) is 17.5. The standard InChI is InChI=1S/C42H55NO12/c1-5-16-45-21-26-50-36-13-10-34(11-14-36)32-43(41(44)55-42(2,3)4)33-35-12-15-39-40(31-35)54-30-25-49-20-19-47-23-28-52-38-9-7-6-8-37(38)51-27-22-46-17-18-48-24-29-53-39/h1,6-15,31H,16-30,32-33H2,2-4H3. The van der Waals surface area contributed by atoms with Gasteiger partial charge in [-0.15, -0.1) is 6.42 Å². The molecule has 1 heterocycles. The average Bonchev–Trinajstić information content (AvgIpc) is 3.16. The van der Waals surface area contributed by atoms with Crippen molar-refractivity contribution in [2.45, 2.75) is 39.5 Å². The number of ether oxygens (including phenoxy) is 11. The first-order valence-electron chi connectivity index (χ1n) is 18.6. The van der Waals surface area contributed by atoms with Crippen molar-refractivity contribution in [1.82, 2.24) is 4.90 Å². The third-order valence-electron chi connectivity index (χ3n) is 7.55. The Hall–Kier alpha value is -4.71. The van der Waals surface area contributed by atoms with Gasteiger partial charge in [0.1, 0.15) is 51.0 Å². The molecule has 13 heteroatoms. The molecule has 1 aliphatic rings. The smallest absolute Gasteiger partial charge is 0.410 e. The predicted molar refractivity (Wildman–Crippen MR) is 205 cm³/mol. The van der Waals surface area contributed by atoms with Gasteiger partial charge in [0.15, 0.2) is 23.0 Å². The minimum Gasteiger partial charge on any atom is -0.491 e. The minimum atomic E-state index is -0.678. The zero-order valence-corrected chi connectivity index (χ0v) is 32.3. The summed E-state index contributed by atoms with van der Waals surface area (Å²) in [7, 11) is 0. The van der Waals surface area contributed by atoms with Gasteiger partial charge in [0.2, 0.25) is 0 Å². The van der Waals surface area contributed by atoms with Crippen molar-refractivity contribution >= 4 is 6.09 Å². The van der Waals surface area contributed by atoms with E-state index in [4.69, 9.17) is 58.5 Å². The first-order chi connectivity index (χ1) is 26.8. The van der Waals surface area contributed by atoms with E-state index in [1.165, 1.54) is 0 Å². The summed E-state index contributed by atoms with van der Waals surface area (Å²) in [5.41, 5.74) is 1.05. The van der Waals surface area contributed by atoms with Gasteiger partial charge in [-0.05, 0) is 68.3 Å². The lowest BCUT2D eigenvalue weighted by molar-refractivity contribution is 0.0213. The zero-order valence-electron chi connectivity index (χ0n) is 32.3. The van der Waals surface area contributed by atoms with Crippen molar-refractivity contribution in [3.63, 3.8) is 0 Å². The minimum absolute atomic E-state index is 0.242. The van der Waals surface area contributed by atoms with Gasteiger partial charge in [0.05, 0.1) is 59.5 Å². The summed E-state index contributed by atoms with van der Waals surface area (Å²) in [5.74, 6) is 5.47. The second-order valence-electron chi connectivity index (χ2n) is 13.2. The summed E-state index contributed by atoms with van der Waals surface area (Å²) in [4.78, 5) is 15.1. The van der Waals surface area contributed by atoms with E-state index < -0.39 is 11.7 Å². The molecule has 300 valence electrons. The van der Waals surface area contributed by atoms with E-state index in [1.807, 2.05) is 87.5 Å². The summed E-state index contributed by atoms with van der Waals surface area (Å²) < 4.78 is 63.5. The number of hydrogen-bond acceptors (Lipinski definition) is 12. The van der Waals surface area contributed by atoms with Crippen LogP contribution in [0.3, 0.4) is 0 Å². The number of carbonyl (C=O) groups is 1. The first-order valence-corrected chi connectivity index (χ1v) is 18.6. The van der Waals surface area contributed by atoms with Crippen molar-refractivity contribution in [3.8, 4) is 41.1 Å². The number of para-hydroxylation sites is 2. The van der Waals surface area contributed by atoms with Gasteiger partial charge >= 0.3 is 6.09 Å². The molecule has 55 heavy (non-hydrogen) atoms. The number of nitrogens with zero attached hydrogens (tertiary/aromatic N) is 1. The largest absolute Gasteiger partial charge is 0.491 e. The third-order valence-corrected chi connectivity index (χ3v) is 7.55. The van der Waals surface area contributed by atoms with Gasteiger partial charge in [-0.3, -0.25) is 4.90 Å². The van der Waals surface area contributed by atoms with E-state index in [0.29, 0.717) is 121 Å². The molecule has 3 aromatic rings. The molecule has 0 aromatic heterocycles. The Kier molecular flexibility index (Phi) is 19.3. The molecule has 0 atom stereocenters. The Labute approximate surface area is 324 Å². The quantitative estimate of drug-likeness (QED) is 0.189. The second kappa shape index (κ2) is 24.6. The molecule has 0 saturated carbocycles. The average molecular weight is 766 g/mol. The van der Waals surface area contributed by atoms with Gasteiger partial charge < -0.3 is 52.1 Å². The lowest BCUT2D eigenvalue weighted by Crippen LogP contribution is -2.36. The van der Waals surface area contributed by atoms with E-state index in [1.54, 1.807) is 4.90 Å². The molecule has 13 nitrogen and oxygen atoms in total. The van der Waals surface area contributed by atoms with Crippen molar-refractivity contribution < 1.29 is 56.9 Å². The molecular weight excluding hydrogens is 710 g/mol. The molecule has 1 aliphatic heterocycles. The van der Waals surface area contributed by atoms with Gasteiger partial charge in [-0.2, -0.15) is 0 Å². The molecule has 0 unspecified atom stereocenters. The highest BCUT2D eigenvalue weighted by atomic mass is 16.6. The van der Waals surface area contributed by atoms with Crippen LogP contribution in [0.5, 0.6) is 28.7 Å². The fourth-order valence-corrected chi connectivity index (χ4v) is 5.05. The Morgan fingerprint density at radius 3 is 1.64 bits per heavy atom. The number of fused-ring (bicyclic) bond motifs is 2. The van der Waals surface area contributed by atoms with Crippen LogP contribution < -0.4 is 23.7 Å². The van der Waals surface area contributed by atoms with Gasteiger partial charge in [0, 0.05) is 13.1 Å². The normalized spacial score (nSPS) is 15.5. The van der Waals surface area contributed by atoms with Crippen molar-refractivity contribution in [2.75, 3.05) is 99.1 Å². The zero-order chi connectivity index (χ0) is 39.0. The molecule has 0 radical (unpaired) electrons. The Bertz CT molecular complexity index is 1570. The number of amides is 1. The van der Waals surface area contributed by atoms with Crippen LogP contribution in [0.15, 0.2) is 66.7 Å². The molecular formula is C42H55NO12. The SMILES string of the molecule is C#CCOCCOc1ccc(CN(Cc2ccc3c(c2)OCCOCCOCCOc2ccccc2OCCOCCOCCO3)C(=O)OC(C)(C)C)cc1. The second-order valence-corrected chi connectivity index (χ2v) is 13.2. The van der Waals surface area contributed by atoms with Crippen molar-refractivity contribution in [3.05, 3.63) is 77.9 Å². The van der Waals surface area contributed by atoms with Gasteiger partial charge in [0.25, 0.3) is 0 Å². The van der Waals surface area contributed by atoms with Crippen molar-refractivity contribution in [2.24, 2.45) is 0 Å². The first kappa shape index (κ1) is 43.0.